The van der Waals surface area contributed by atoms with Gasteiger partial charge in [0.25, 0.3) is 0 Å². The number of anilines is 1. The van der Waals surface area contributed by atoms with Crippen LogP contribution in [0.2, 0.25) is 0 Å². The molecular formula is C12H15N3O. The molecule has 0 fully saturated rings. The van der Waals surface area contributed by atoms with E-state index >= 15 is 0 Å². The van der Waals surface area contributed by atoms with Gasteiger partial charge in [-0.05, 0) is 12.5 Å². The van der Waals surface area contributed by atoms with Crippen LogP contribution in [0.15, 0.2) is 30.5 Å². The molecule has 1 atom stereocenters. The highest BCUT2D eigenvalue weighted by molar-refractivity contribution is 5.78. The van der Waals surface area contributed by atoms with E-state index in [9.17, 15) is 5.11 Å². The summed E-state index contributed by atoms with van der Waals surface area (Å²) in [7, 11) is 0. The Morgan fingerprint density at radius 2 is 2.19 bits per heavy atom. The second kappa shape index (κ2) is 4.90. The van der Waals surface area contributed by atoms with Crippen molar-refractivity contribution in [2.24, 2.45) is 0 Å². The van der Waals surface area contributed by atoms with Gasteiger partial charge in [-0.25, -0.2) is 9.97 Å². The highest BCUT2D eigenvalue weighted by Gasteiger charge is 2.02. The van der Waals surface area contributed by atoms with Gasteiger partial charge in [0.2, 0.25) is 5.95 Å². The summed E-state index contributed by atoms with van der Waals surface area (Å²) in [6.45, 7) is 2.42. The lowest BCUT2D eigenvalue weighted by Crippen LogP contribution is -2.19. The number of hydrogen-bond donors (Lipinski definition) is 2. The number of para-hydroxylation sites is 1. The number of nitrogens with zero attached hydrogens (tertiary/aromatic N) is 2. The average molecular weight is 217 g/mol. The van der Waals surface area contributed by atoms with Crippen LogP contribution in [0.25, 0.3) is 10.9 Å². The standard InChI is InChI=1S/C12H15N3O/c1-2-10(16)8-14-12-13-7-9-5-3-4-6-11(9)15-12/h3-7,10,16H,2,8H2,1H3,(H,13,14,15). The lowest BCUT2D eigenvalue weighted by molar-refractivity contribution is 0.183. The molecule has 16 heavy (non-hydrogen) atoms. The van der Waals surface area contributed by atoms with Crippen LogP contribution < -0.4 is 5.32 Å². The third-order valence-electron chi connectivity index (χ3n) is 2.46. The maximum Gasteiger partial charge on any atom is 0.223 e. The van der Waals surface area contributed by atoms with Gasteiger partial charge in [-0.15, -0.1) is 0 Å². The van der Waals surface area contributed by atoms with E-state index in [1.54, 1.807) is 6.20 Å². The summed E-state index contributed by atoms with van der Waals surface area (Å²) in [5.74, 6) is 0.561. The molecular weight excluding hydrogens is 202 g/mol. The van der Waals surface area contributed by atoms with Crippen LogP contribution in [0.1, 0.15) is 13.3 Å². The Kier molecular flexibility index (Phi) is 3.31. The van der Waals surface area contributed by atoms with Crippen molar-refractivity contribution in [3.63, 3.8) is 0 Å². The first kappa shape index (κ1) is 10.8. The number of rotatable bonds is 4. The molecule has 0 spiro atoms. The van der Waals surface area contributed by atoms with E-state index in [4.69, 9.17) is 0 Å². The molecule has 2 N–H and O–H groups in total. The number of fused-ring (bicyclic) bond motifs is 1. The first-order valence-corrected chi connectivity index (χ1v) is 5.43. The minimum Gasteiger partial charge on any atom is -0.391 e. The van der Waals surface area contributed by atoms with Crippen molar-refractivity contribution in [1.29, 1.82) is 0 Å². The van der Waals surface area contributed by atoms with E-state index in [1.165, 1.54) is 0 Å². The first-order chi connectivity index (χ1) is 7.79. The summed E-state index contributed by atoms with van der Waals surface area (Å²) in [6.07, 6.45) is 2.15. The van der Waals surface area contributed by atoms with Crippen LogP contribution in [-0.2, 0) is 0 Å². The molecule has 0 radical (unpaired) electrons. The minimum atomic E-state index is -0.352. The second-order valence-electron chi connectivity index (χ2n) is 3.70. The molecule has 4 heteroatoms. The number of benzene rings is 1. The number of aliphatic hydroxyl groups is 1. The highest BCUT2D eigenvalue weighted by Crippen LogP contribution is 2.11. The fourth-order valence-corrected chi connectivity index (χ4v) is 1.41. The Balaban J connectivity index is 2.13. The summed E-state index contributed by atoms with van der Waals surface area (Å²) in [6, 6.07) is 7.82. The van der Waals surface area contributed by atoms with Crippen molar-refractivity contribution >= 4 is 16.9 Å². The van der Waals surface area contributed by atoms with Gasteiger partial charge >= 0.3 is 0 Å². The van der Waals surface area contributed by atoms with Crippen molar-refractivity contribution in [3.8, 4) is 0 Å². The van der Waals surface area contributed by atoms with E-state index in [0.717, 1.165) is 17.3 Å². The quantitative estimate of drug-likeness (QED) is 0.820. The maximum absolute atomic E-state index is 9.41. The molecule has 1 aromatic carbocycles. The molecule has 84 valence electrons. The summed E-state index contributed by atoms with van der Waals surface area (Å²) >= 11 is 0. The number of aromatic nitrogens is 2. The lowest BCUT2D eigenvalue weighted by atomic mass is 10.2. The van der Waals surface area contributed by atoms with Crippen LogP contribution in [0, 0.1) is 0 Å². The lowest BCUT2D eigenvalue weighted by Gasteiger charge is -2.09. The molecule has 0 bridgehead atoms. The molecule has 0 saturated heterocycles. The summed E-state index contributed by atoms with van der Waals surface area (Å²) in [5.41, 5.74) is 0.908. The van der Waals surface area contributed by atoms with Gasteiger partial charge in [-0.1, -0.05) is 25.1 Å². The molecule has 0 aliphatic heterocycles. The third kappa shape index (κ3) is 2.46. The molecule has 0 aliphatic carbocycles. The molecule has 0 amide bonds. The maximum atomic E-state index is 9.41. The Morgan fingerprint density at radius 3 is 3.00 bits per heavy atom. The Hall–Kier alpha value is -1.68. The van der Waals surface area contributed by atoms with Gasteiger partial charge in [-0.3, -0.25) is 0 Å². The molecule has 4 nitrogen and oxygen atoms in total. The van der Waals surface area contributed by atoms with E-state index in [1.807, 2.05) is 31.2 Å². The van der Waals surface area contributed by atoms with Crippen molar-refractivity contribution in [2.75, 3.05) is 11.9 Å². The summed E-state index contributed by atoms with van der Waals surface area (Å²) in [5, 5.41) is 13.4. The van der Waals surface area contributed by atoms with Crippen molar-refractivity contribution < 1.29 is 5.11 Å². The predicted octanol–water partition coefficient (Wildman–Crippen LogP) is 1.81. The number of aliphatic hydroxyl groups excluding tert-OH is 1. The topological polar surface area (TPSA) is 58.0 Å². The molecule has 2 aromatic rings. The number of nitrogens with one attached hydrogen (secondary N) is 1. The average Bonchev–Trinajstić information content (AvgIpc) is 2.35. The van der Waals surface area contributed by atoms with Crippen molar-refractivity contribution in [2.45, 2.75) is 19.4 Å². The van der Waals surface area contributed by atoms with Gasteiger partial charge in [0, 0.05) is 18.1 Å². The molecule has 1 aromatic heterocycles. The largest absolute Gasteiger partial charge is 0.391 e. The summed E-state index contributed by atoms with van der Waals surface area (Å²) < 4.78 is 0. The zero-order valence-corrected chi connectivity index (χ0v) is 9.22. The van der Waals surface area contributed by atoms with Crippen LogP contribution in [-0.4, -0.2) is 27.7 Å². The van der Waals surface area contributed by atoms with Gasteiger partial charge < -0.3 is 10.4 Å². The Bertz CT molecular complexity index is 473. The second-order valence-corrected chi connectivity index (χ2v) is 3.70. The van der Waals surface area contributed by atoms with E-state index in [0.29, 0.717) is 12.5 Å². The summed E-state index contributed by atoms with van der Waals surface area (Å²) in [4.78, 5) is 8.53. The number of hydrogen-bond acceptors (Lipinski definition) is 4. The van der Waals surface area contributed by atoms with Crippen LogP contribution >= 0.6 is 0 Å². The fraction of sp³-hybridized carbons (Fsp3) is 0.333. The SMILES string of the molecule is CCC(O)CNc1ncc2ccccc2n1. The van der Waals surface area contributed by atoms with Crippen molar-refractivity contribution in [1.82, 2.24) is 9.97 Å². The van der Waals surface area contributed by atoms with Gasteiger partial charge in [0.05, 0.1) is 11.6 Å². The zero-order chi connectivity index (χ0) is 11.4. The molecule has 0 aliphatic rings. The fourth-order valence-electron chi connectivity index (χ4n) is 1.41. The molecule has 2 rings (SSSR count). The van der Waals surface area contributed by atoms with Gasteiger partial charge in [0.1, 0.15) is 0 Å². The Labute approximate surface area is 94.4 Å². The predicted molar refractivity (Wildman–Crippen MR) is 64.3 cm³/mol. The van der Waals surface area contributed by atoms with E-state index < -0.39 is 0 Å². The molecule has 1 unspecified atom stereocenters. The molecule has 0 saturated carbocycles. The smallest absolute Gasteiger partial charge is 0.223 e. The monoisotopic (exact) mass is 217 g/mol. The normalized spacial score (nSPS) is 12.6. The highest BCUT2D eigenvalue weighted by atomic mass is 16.3. The van der Waals surface area contributed by atoms with Gasteiger partial charge in [-0.2, -0.15) is 0 Å². The van der Waals surface area contributed by atoms with E-state index in [-0.39, 0.29) is 6.10 Å². The van der Waals surface area contributed by atoms with Gasteiger partial charge in [0.15, 0.2) is 0 Å². The van der Waals surface area contributed by atoms with Crippen LogP contribution in [0.4, 0.5) is 5.95 Å². The zero-order valence-electron chi connectivity index (χ0n) is 9.22. The third-order valence-corrected chi connectivity index (χ3v) is 2.46. The molecule has 1 heterocycles. The first-order valence-electron chi connectivity index (χ1n) is 5.43. The Morgan fingerprint density at radius 1 is 1.38 bits per heavy atom. The minimum absolute atomic E-state index is 0.352. The van der Waals surface area contributed by atoms with E-state index in [2.05, 4.69) is 15.3 Å². The van der Waals surface area contributed by atoms with Crippen LogP contribution in [0.3, 0.4) is 0 Å². The van der Waals surface area contributed by atoms with Crippen molar-refractivity contribution in [3.05, 3.63) is 30.5 Å². The van der Waals surface area contributed by atoms with Crippen LogP contribution in [0.5, 0.6) is 0 Å².